The Balaban J connectivity index is 1.41. The summed E-state index contributed by atoms with van der Waals surface area (Å²) in [5, 5.41) is 9.21. The zero-order chi connectivity index (χ0) is 22.6. The Labute approximate surface area is 190 Å². The molecule has 32 heavy (non-hydrogen) atoms. The van der Waals surface area contributed by atoms with Gasteiger partial charge in [0.1, 0.15) is 17.6 Å². The number of nitrogens with one attached hydrogen (secondary N) is 1. The van der Waals surface area contributed by atoms with Crippen LogP contribution in [-0.2, 0) is 14.8 Å². The number of hydrogen-bond acceptors (Lipinski definition) is 6. The first-order valence-corrected chi connectivity index (χ1v) is 13.1. The zero-order valence-electron chi connectivity index (χ0n) is 18.4. The van der Waals surface area contributed by atoms with E-state index in [1.165, 1.54) is 11.8 Å². The molecule has 2 aromatic rings. The lowest BCUT2D eigenvalue weighted by Gasteiger charge is -2.33. The fourth-order valence-corrected chi connectivity index (χ4v) is 5.75. The lowest BCUT2D eigenvalue weighted by Crippen LogP contribution is -2.48. The second-order valence-electron chi connectivity index (χ2n) is 8.76. The van der Waals surface area contributed by atoms with Gasteiger partial charge in [-0.05, 0) is 55.7 Å². The average molecular weight is 455 g/mol. The van der Waals surface area contributed by atoms with Crippen molar-refractivity contribution >= 4 is 15.8 Å². The van der Waals surface area contributed by atoms with Crippen molar-refractivity contribution in [1.29, 1.82) is 5.26 Å². The maximum absolute atomic E-state index is 11.9. The minimum atomic E-state index is -3.34. The van der Waals surface area contributed by atoms with Crippen LogP contribution >= 0.6 is 0 Å². The molecule has 2 atom stereocenters. The van der Waals surface area contributed by atoms with Crippen LogP contribution in [0.4, 0.5) is 5.82 Å². The van der Waals surface area contributed by atoms with E-state index in [9.17, 15) is 13.7 Å². The van der Waals surface area contributed by atoms with Crippen molar-refractivity contribution in [3.8, 4) is 6.07 Å². The van der Waals surface area contributed by atoms with Gasteiger partial charge in [-0.25, -0.2) is 18.1 Å². The molecule has 0 unspecified atom stereocenters. The molecule has 0 spiro atoms. The number of nitrogens with zero attached hydrogens (tertiary/aromatic N) is 3. The molecule has 0 radical (unpaired) electrons. The number of nitriles is 1. The molecule has 1 aromatic carbocycles. The van der Waals surface area contributed by atoms with Crippen LogP contribution in [0.3, 0.4) is 0 Å². The minimum absolute atomic E-state index is 0.169. The van der Waals surface area contributed by atoms with E-state index in [0.717, 1.165) is 25.7 Å². The van der Waals surface area contributed by atoms with Crippen LogP contribution in [0.5, 0.6) is 0 Å². The van der Waals surface area contributed by atoms with Gasteiger partial charge >= 0.3 is 0 Å². The Hall–Kier alpha value is -2.47. The van der Waals surface area contributed by atoms with Gasteiger partial charge in [0.2, 0.25) is 10.0 Å². The van der Waals surface area contributed by atoms with Crippen molar-refractivity contribution in [2.45, 2.75) is 56.2 Å². The van der Waals surface area contributed by atoms with Crippen molar-refractivity contribution in [2.75, 3.05) is 24.3 Å². The normalized spacial score (nSPS) is 26.1. The van der Waals surface area contributed by atoms with Crippen LogP contribution in [-0.4, -0.2) is 51.0 Å². The van der Waals surface area contributed by atoms with Crippen molar-refractivity contribution < 1.29 is 13.2 Å². The van der Waals surface area contributed by atoms with E-state index in [2.05, 4.69) is 44.9 Å². The van der Waals surface area contributed by atoms with Gasteiger partial charge in [-0.1, -0.05) is 36.4 Å². The number of benzene rings is 1. The van der Waals surface area contributed by atoms with E-state index in [0.29, 0.717) is 37.0 Å². The number of hydrogen-bond donors (Lipinski definition) is 1. The van der Waals surface area contributed by atoms with E-state index < -0.39 is 10.0 Å². The van der Waals surface area contributed by atoms with Crippen molar-refractivity contribution in [3.63, 3.8) is 0 Å². The average Bonchev–Trinajstić information content (AvgIpc) is 3.19. The molecule has 1 aromatic heterocycles. The summed E-state index contributed by atoms with van der Waals surface area (Å²) in [4.78, 5) is 6.49. The predicted octanol–water partition coefficient (Wildman–Crippen LogP) is 3.19. The summed E-state index contributed by atoms with van der Waals surface area (Å²) >= 11 is 0. The Kier molecular flexibility index (Phi) is 7.09. The van der Waals surface area contributed by atoms with E-state index in [1.54, 1.807) is 12.1 Å². The molecular weight excluding hydrogens is 424 g/mol. The molecule has 0 bridgehead atoms. The summed E-state index contributed by atoms with van der Waals surface area (Å²) in [6, 6.07) is 17.6. The highest BCUT2D eigenvalue weighted by Gasteiger charge is 2.37. The molecule has 7 nitrogen and oxygen atoms in total. The van der Waals surface area contributed by atoms with Crippen LogP contribution in [0, 0.1) is 11.3 Å². The zero-order valence-corrected chi connectivity index (χ0v) is 19.2. The van der Waals surface area contributed by atoms with Crippen LogP contribution < -0.4 is 9.62 Å². The van der Waals surface area contributed by atoms with Crippen molar-refractivity contribution in [3.05, 3.63) is 59.8 Å². The summed E-state index contributed by atoms with van der Waals surface area (Å²) < 4.78 is 33.0. The number of ether oxygens (including phenoxy) is 1. The summed E-state index contributed by atoms with van der Waals surface area (Å²) in [6.45, 7) is 1.08. The summed E-state index contributed by atoms with van der Waals surface area (Å²) in [5.41, 5.74) is 1.75. The van der Waals surface area contributed by atoms with Gasteiger partial charge in [-0.15, -0.1) is 0 Å². The molecule has 1 saturated heterocycles. The van der Waals surface area contributed by atoms with Gasteiger partial charge in [0, 0.05) is 12.6 Å². The quantitative estimate of drug-likeness (QED) is 0.690. The third-order valence-electron chi connectivity index (χ3n) is 6.50. The Bertz CT molecular complexity index is 1050. The molecule has 4 rings (SSSR count). The number of anilines is 1. The number of aromatic nitrogens is 1. The number of rotatable bonds is 7. The topological polar surface area (TPSA) is 95.3 Å². The molecular formula is C24H30N4O3S. The largest absolute Gasteiger partial charge is 0.376 e. The fraction of sp³-hybridized carbons (Fsp3) is 0.500. The molecule has 1 N–H and O–H groups in total. The maximum Gasteiger partial charge on any atom is 0.209 e. The molecule has 0 amide bonds. The molecule has 2 heterocycles. The highest BCUT2D eigenvalue weighted by Crippen LogP contribution is 2.34. The first kappa shape index (κ1) is 22.7. The molecule has 1 aliphatic carbocycles. The number of pyridine rings is 1. The van der Waals surface area contributed by atoms with Gasteiger partial charge in [-0.2, -0.15) is 5.26 Å². The lowest BCUT2D eigenvalue weighted by molar-refractivity contribution is 0.0156. The molecule has 2 fully saturated rings. The second kappa shape index (κ2) is 9.99. The van der Waals surface area contributed by atoms with E-state index >= 15 is 0 Å². The van der Waals surface area contributed by atoms with Crippen LogP contribution in [0.2, 0.25) is 0 Å². The minimum Gasteiger partial charge on any atom is -0.376 e. The molecule has 8 heteroatoms. The number of sulfonamides is 1. The maximum atomic E-state index is 11.9. The Morgan fingerprint density at radius 3 is 2.53 bits per heavy atom. The van der Waals surface area contributed by atoms with Crippen molar-refractivity contribution in [1.82, 2.24) is 9.71 Å². The van der Waals surface area contributed by atoms with Gasteiger partial charge < -0.3 is 9.64 Å². The van der Waals surface area contributed by atoms with Crippen LogP contribution in [0.1, 0.15) is 49.3 Å². The smallest absolute Gasteiger partial charge is 0.209 e. The second-order valence-corrected chi connectivity index (χ2v) is 10.5. The van der Waals surface area contributed by atoms with Gasteiger partial charge in [0.25, 0.3) is 0 Å². The Morgan fingerprint density at radius 1 is 1.09 bits per heavy atom. The molecule has 2 aliphatic rings. The monoisotopic (exact) mass is 454 g/mol. The Morgan fingerprint density at radius 2 is 1.84 bits per heavy atom. The van der Waals surface area contributed by atoms with Gasteiger partial charge in [0.15, 0.2) is 0 Å². The SMILES string of the molecule is CS(=O)(=O)N[C@H]1CCN(c2cccc(C#N)n2)[C@H]1COC1CCC(c2ccccc2)CC1. The highest BCUT2D eigenvalue weighted by atomic mass is 32.2. The van der Waals surface area contributed by atoms with E-state index in [4.69, 9.17) is 4.74 Å². The first-order chi connectivity index (χ1) is 15.4. The lowest BCUT2D eigenvalue weighted by atomic mass is 9.83. The summed E-state index contributed by atoms with van der Waals surface area (Å²) in [5.74, 6) is 1.26. The van der Waals surface area contributed by atoms with E-state index in [-0.39, 0.29) is 18.2 Å². The van der Waals surface area contributed by atoms with E-state index in [1.807, 2.05) is 12.1 Å². The highest BCUT2D eigenvalue weighted by molar-refractivity contribution is 7.88. The van der Waals surface area contributed by atoms with Crippen LogP contribution in [0.15, 0.2) is 48.5 Å². The molecule has 1 aliphatic heterocycles. The third-order valence-corrected chi connectivity index (χ3v) is 7.23. The summed E-state index contributed by atoms with van der Waals surface area (Å²) in [6.07, 6.45) is 6.22. The van der Waals surface area contributed by atoms with Gasteiger partial charge in [-0.3, -0.25) is 0 Å². The molecule has 170 valence electrons. The fourth-order valence-electron chi connectivity index (χ4n) is 4.92. The predicted molar refractivity (Wildman–Crippen MR) is 124 cm³/mol. The standard InChI is InChI=1S/C24H30N4O3S/c1-32(29,30)27-22-14-15-28(24-9-5-8-20(16-25)26-24)23(22)17-31-21-12-10-19(11-13-21)18-6-3-2-4-7-18/h2-9,19,21-23,27H,10-15,17H2,1H3/t19?,21?,22-,23-/m0/s1. The first-order valence-electron chi connectivity index (χ1n) is 11.2. The third kappa shape index (κ3) is 5.66. The summed E-state index contributed by atoms with van der Waals surface area (Å²) in [7, 11) is -3.34. The van der Waals surface area contributed by atoms with Crippen LogP contribution in [0.25, 0.3) is 0 Å². The van der Waals surface area contributed by atoms with Gasteiger partial charge in [0.05, 0.1) is 25.0 Å². The van der Waals surface area contributed by atoms with Crippen molar-refractivity contribution in [2.24, 2.45) is 0 Å². The molecule has 1 saturated carbocycles.